The van der Waals surface area contributed by atoms with Crippen molar-refractivity contribution in [3.8, 4) is 5.75 Å². The zero-order valence-electron chi connectivity index (χ0n) is 8.78. The predicted octanol–water partition coefficient (Wildman–Crippen LogP) is 2.81. The molecule has 0 aliphatic heterocycles. The van der Waals surface area contributed by atoms with Gasteiger partial charge in [-0.1, -0.05) is 13.8 Å². The van der Waals surface area contributed by atoms with Gasteiger partial charge in [0.15, 0.2) is 0 Å². The summed E-state index contributed by atoms with van der Waals surface area (Å²) in [5, 5.41) is 8.56. The maximum Gasteiger partial charge on any atom is 0.335 e. The first kappa shape index (κ1) is 12.5. The van der Waals surface area contributed by atoms with E-state index >= 15 is 0 Å². The van der Waals surface area contributed by atoms with Crippen LogP contribution in [0.2, 0.25) is 0 Å². The van der Waals surface area contributed by atoms with Gasteiger partial charge in [0, 0.05) is 0 Å². The van der Waals surface area contributed by atoms with Crippen molar-refractivity contribution in [3.63, 3.8) is 0 Å². The first-order valence-electron chi connectivity index (χ1n) is 4.70. The molecule has 0 radical (unpaired) electrons. The lowest BCUT2D eigenvalue weighted by Crippen LogP contribution is -1.96. The molecule has 0 saturated carbocycles. The lowest BCUT2D eigenvalue weighted by Gasteiger charge is -2.01. The van der Waals surface area contributed by atoms with Crippen molar-refractivity contribution in [3.05, 3.63) is 29.8 Å². The van der Waals surface area contributed by atoms with Crippen LogP contribution in [0.15, 0.2) is 24.3 Å². The smallest absolute Gasteiger partial charge is 0.335 e. The predicted molar refractivity (Wildman–Crippen MR) is 55.9 cm³/mol. The van der Waals surface area contributed by atoms with Gasteiger partial charge in [0.25, 0.3) is 0 Å². The molecular weight excluding hydrogens is 180 g/mol. The number of carboxylic acids is 1. The van der Waals surface area contributed by atoms with Crippen molar-refractivity contribution in [2.24, 2.45) is 0 Å². The fourth-order valence-corrected chi connectivity index (χ4v) is 0.860. The van der Waals surface area contributed by atoms with Crippen LogP contribution in [-0.4, -0.2) is 17.7 Å². The maximum absolute atomic E-state index is 10.4. The van der Waals surface area contributed by atoms with Gasteiger partial charge in [-0.15, -0.1) is 0 Å². The average Bonchev–Trinajstić information content (AvgIpc) is 2.22. The van der Waals surface area contributed by atoms with Gasteiger partial charge < -0.3 is 9.84 Å². The first-order chi connectivity index (χ1) is 6.74. The topological polar surface area (TPSA) is 46.5 Å². The highest BCUT2D eigenvalue weighted by Crippen LogP contribution is 2.11. The number of aromatic carboxylic acids is 1. The summed E-state index contributed by atoms with van der Waals surface area (Å²) < 4.78 is 5.15. The van der Waals surface area contributed by atoms with E-state index in [0.717, 1.165) is 0 Å². The van der Waals surface area contributed by atoms with Crippen LogP contribution in [-0.2, 0) is 0 Å². The largest absolute Gasteiger partial charge is 0.494 e. The molecule has 0 amide bonds. The fraction of sp³-hybridized carbons (Fsp3) is 0.364. The Labute approximate surface area is 84.3 Å². The minimum absolute atomic E-state index is 0.276. The van der Waals surface area contributed by atoms with Gasteiger partial charge >= 0.3 is 5.97 Å². The molecule has 0 fully saturated rings. The maximum atomic E-state index is 10.4. The number of rotatable bonds is 3. The average molecular weight is 196 g/mol. The molecule has 0 atom stereocenters. The third-order valence-electron chi connectivity index (χ3n) is 1.41. The Bertz CT molecular complexity index is 264. The Hall–Kier alpha value is -1.51. The second-order valence-corrected chi connectivity index (χ2v) is 2.26. The Morgan fingerprint density at radius 2 is 1.79 bits per heavy atom. The minimum Gasteiger partial charge on any atom is -0.494 e. The Morgan fingerprint density at radius 3 is 2.14 bits per heavy atom. The van der Waals surface area contributed by atoms with Crippen molar-refractivity contribution in [2.75, 3.05) is 6.61 Å². The van der Waals surface area contributed by atoms with E-state index in [-0.39, 0.29) is 5.56 Å². The van der Waals surface area contributed by atoms with Crippen molar-refractivity contribution >= 4 is 5.97 Å². The van der Waals surface area contributed by atoms with Gasteiger partial charge in [-0.3, -0.25) is 0 Å². The number of hydrogen-bond acceptors (Lipinski definition) is 2. The summed E-state index contributed by atoms with van der Waals surface area (Å²) in [6.45, 7) is 6.47. The molecule has 0 bridgehead atoms. The molecule has 1 N–H and O–H groups in total. The van der Waals surface area contributed by atoms with E-state index in [2.05, 4.69) is 0 Å². The van der Waals surface area contributed by atoms with Crippen LogP contribution >= 0.6 is 0 Å². The molecule has 1 rings (SSSR count). The molecule has 0 aromatic heterocycles. The highest BCUT2D eigenvalue weighted by Gasteiger charge is 2.00. The van der Waals surface area contributed by atoms with E-state index in [1.807, 2.05) is 20.8 Å². The lowest BCUT2D eigenvalue weighted by molar-refractivity contribution is 0.0697. The molecule has 0 unspecified atom stereocenters. The molecule has 0 aliphatic rings. The molecule has 0 heterocycles. The highest BCUT2D eigenvalue weighted by atomic mass is 16.5. The van der Waals surface area contributed by atoms with E-state index in [0.29, 0.717) is 12.4 Å². The monoisotopic (exact) mass is 196 g/mol. The van der Waals surface area contributed by atoms with Gasteiger partial charge in [-0.2, -0.15) is 0 Å². The summed E-state index contributed by atoms with van der Waals surface area (Å²) in [7, 11) is 0. The third-order valence-corrected chi connectivity index (χ3v) is 1.41. The molecule has 14 heavy (non-hydrogen) atoms. The molecule has 3 nitrogen and oxygen atoms in total. The van der Waals surface area contributed by atoms with E-state index in [1.54, 1.807) is 12.1 Å². The van der Waals surface area contributed by atoms with Gasteiger partial charge in [-0.25, -0.2) is 4.79 Å². The molecule has 0 aliphatic carbocycles. The van der Waals surface area contributed by atoms with Crippen LogP contribution in [0.25, 0.3) is 0 Å². The quantitative estimate of drug-likeness (QED) is 0.808. The molecule has 1 aromatic rings. The SMILES string of the molecule is CC.CCOc1ccc(C(=O)O)cc1. The van der Waals surface area contributed by atoms with E-state index < -0.39 is 5.97 Å². The Morgan fingerprint density at radius 1 is 1.29 bits per heavy atom. The van der Waals surface area contributed by atoms with E-state index in [9.17, 15) is 4.79 Å². The van der Waals surface area contributed by atoms with Crippen molar-refractivity contribution in [1.29, 1.82) is 0 Å². The minimum atomic E-state index is -0.918. The molecule has 0 spiro atoms. The molecular formula is C11H16O3. The van der Waals surface area contributed by atoms with Crippen molar-refractivity contribution in [2.45, 2.75) is 20.8 Å². The van der Waals surface area contributed by atoms with E-state index in [4.69, 9.17) is 9.84 Å². The zero-order valence-corrected chi connectivity index (χ0v) is 8.78. The van der Waals surface area contributed by atoms with Gasteiger partial charge in [0.2, 0.25) is 0 Å². The molecule has 78 valence electrons. The Balaban J connectivity index is 0.000000791. The summed E-state index contributed by atoms with van der Waals surface area (Å²) in [6.07, 6.45) is 0. The number of carbonyl (C=O) groups is 1. The first-order valence-corrected chi connectivity index (χ1v) is 4.70. The summed E-state index contributed by atoms with van der Waals surface area (Å²) in [5.74, 6) is -0.222. The number of ether oxygens (including phenoxy) is 1. The van der Waals surface area contributed by atoms with Gasteiger partial charge in [-0.05, 0) is 31.2 Å². The van der Waals surface area contributed by atoms with Crippen LogP contribution in [0.3, 0.4) is 0 Å². The zero-order chi connectivity index (χ0) is 11.0. The summed E-state index contributed by atoms with van der Waals surface area (Å²) in [4.78, 5) is 10.4. The molecule has 0 saturated heterocycles. The van der Waals surface area contributed by atoms with Crippen LogP contribution in [0.4, 0.5) is 0 Å². The molecule has 3 heteroatoms. The normalized spacial score (nSPS) is 8.50. The number of benzene rings is 1. The van der Waals surface area contributed by atoms with Crippen LogP contribution < -0.4 is 4.74 Å². The third kappa shape index (κ3) is 3.94. The van der Waals surface area contributed by atoms with Gasteiger partial charge in [0.05, 0.1) is 12.2 Å². The standard InChI is InChI=1S/C9H10O3.C2H6/c1-2-12-8-5-3-7(4-6-8)9(10)11;1-2/h3-6H,2H2,1H3,(H,10,11);1-2H3. The molecule has 1 aromatic carbocycles. The van der Waals surface area contributed by atoms with Crippen molar-refractivity contribution in [1.82, 2.24) is 0 Å². The number of hydrogen-bond donors (Lipinski definition) is 1. The number of carboxylic acid groups (broad SMARTS) is 1. The van der Waals surface area contributed by atoms with Crippen LogP contribution in [0.5, 0.6) is 5.75 Å². The van der Waals surface area contributed by atoms with Crippen LogP contribution in [0, 0.1) is 0 Å². The van der Waals surface area contributed by atoms with E-state index in [1.165, 1.54) is 12.1 Å². The highest BCUT2D eigenvalue weighted by molar-refractivity contribution is 5.87. The summed E-state index contributed by atoms with van der Waals surface area (Å²) in [6, 6.07) is 6.33. The second kappa shape index (κ2) is 6.95. The summed E-state index contributed by atoms with van der Waals surface area (Å²) >= 11 is 0. The second-order valence-electron chi connectivity index (χ2n) is 2.26. The Kier molecular flexibility index (Phi) is 6.20. The lowest BCUT2D eigenvalue weighted by atomic mass is 10.2. The van der Waals surface area contributed by atoms with Crippen LogP contribution in [0.1, 0.15) is 31.1 Å². The fourth-order valence-electron chi connectivity index (χ4n) is 0.860. The van der Waals surface area contributed by atoms with Crippen molar-refractivity contribution < 1.29 is 14.6 Å². The summed E-state index contributed by atoms with van der Waals surface area (Å²) in [5.41, 5.74) is 0.276. The van der Waals surface area contributed by atoms with Gasteiger partial charge in [0.1, 0.15) is 5.75 Å².